The number of carbonyl (C=O) groups excluding carboxylic acids is 2. The first-order chi connectivity index (χ1) is 13.7. The van der Waals surface area contributed by atoms with Crippen LogP contribution in [0.15, 0.2) is 31.0 Å². The van der Waals surface area contributed by atoms with E-state index in [0.717, 1.165) is 37.1 Å². The first-order valence-electron chi connectivity index (χ1n) is 9.75. The van der Waals surface area contributed by atoms with E-state index in [1.165, 1.54) is 0 Å². The summed E-state index contributed by atoms with van der Waals surface area (Å²) in [5, 5.41) is 7.04. The third-order valence-electron chi connectivity index (χ3n) is 6.13. The van der Waals surface area contributed by atoms with Crippen LogP contribution < -0.4 is 5.32 Å². The molecule has 2 aromatic rings. The van der Waals surface area contributed by atoms with Crippen LogP contribution in [-0.4, -0.2) is 49.6 Å². The fourth-order valence-corrected chi connectivity index (χ4v) is 4.71. The van der Waals surface area contributed by atoms with E-state index >= 15 is 0 Å². The van der Waals surface area contributed by atoms with Crippen molar-refractivity contribution in [3.05, 3.63) is 42.1 Å². The van der Waals surface area contributed by atoms with Gasteiger partial charge < -0.3 is 10.2 Å². The predicted molar refractivity (Wildman–Crippen MR) is 109 cm³/mol. The number of fused-ring (bicyclic) bond motifs is 2. The third kappa shape index (κ3) is 3.79. The minimum Gasteiger partial charge on any atom is -0.339 e. The van der Waals surface area contributed by atoms with Gasteiger partial charge in [0.15, 0.2) is 0 Å². The van der Waals surface area contributed by atoms with Crippen molar-refractivity contribution in [2.24, 2.45) is 11.8 Å². The molecule has 0 aromatic carbocycles. The van der Waals surface area contributed by atoms with Gasteiger partial charge in [0.05, 0.1) is 6.04 Å². The van der Waals surface area contributed by atoms with Crippen molar-refractivity contribution < 1.29 is 9.59 Å². The quantitative estimate of drug-likeness (QED) is 0.807. The monoisotopic (exact) mass is 394 g/mol. The summed E-state index contributed by atoms with van der Waals surface area (Å²) in [6, 6.07) is 2.40. The molecule has 2 fully saturated rings. The van der Waals surface area contributed by atoms with Crippen LogP contribution in [0.4, 0.5) is 5.82 Å². The smallest absolute Gasteiger partial charge is 0.246 e. The lowest BCUT2D eigenvalue weighted by molar-refractivity contribution is -0.125. The highest BCUT2D eigenvalue weighted by Crippen LogP contribution is 2.43. The molecule has 2 aromatic heterocycles. The van der Waals surface area contributed by atoms with Crippen molar-refractivity contribution in [1.29, 1.82) is 0 Å². The summed E-state index contributed by atoms with van der Waals surface area (Å²) in [6.45, 7) is 1.63. The highest BCUT2D eigenvalue weighted by molar-refractivity contribution is 5.94. The van der Waals surface area contributed by atoms with E-state index in [1.807, 2.05) is 21.7 Å². The van der Waals surface area contributed by atoms with Crippen LogP contribution in [0.3, 0.4) is 0 Å². The molecule has 1 saturated heterocycles. The Bertz CT molecular complexity index is 925. The second-order valence-corrected chi connectivity index (χ2v) is 7.92. The minimum absolute atomic E-state index is 0. The van der Waals surface area contributed by atoms with Crippen molar-refractivity contribution >= 4 is 23.7 Å². The topological polar surface area (TPSA) is 93.0 Å². The summed E-state index contributed by atoms with van der Waals surface area (Å²) in [5.41, 5.74) is 1.90. The SMILES string of the molecule is C.O=C1CCc2cc(/C=C/C(=O)N3CC4CC(n5cncn5)CC4C3)cnc2N1. The summed E-state index contributed by atoms with van der Waals surface area (Å²) >= 11 is 0. The van der Waals surface area contributed by atoms with Gasteiger partial charge in [-0.2, -0.15) is 5.10 Å². The zero-order valence-electron chi connectivity index (χ0n) is 15.5. The van der Waals surface area contributed by atoms with Gasteiger partial charge in [-0.1, -0.05) is 7.43 Å². The van der Waals surface area contributed by atoms with Crippen molar-refractivity contribution in [3.8, 4) is 0 Å². The fraction of sp³-hybridized carbons (Fsp3) is 0.476. The highest BCUT2D eigenvalue weighted by Gasteiger charge is 2.42. The van der Waals surface area contributed by atoms with Crippen LogP contribution in [0.5, 0.6) is 0 Å². The van der Waals surface area contributed by atoms with Gasteiger partial charge in [0.1, 0.15) is 18.5 Å². The summed E-state index contributed by atoms with van der Waals surface area (Å²) < 4.78 is 1.95. The Morgan fingerprint density at radius 2 is 2.00 bits per heavy atom. The zero-order valence-corrected chi connectivity index (χ0v) is 15.5. The molecular weight excluding hydrogens is 368 g/mol. The average molecular weight is 394 g/mol. The predicted octanol–water partition coefficient (Wildman–Crippen LogP) is 2.32. The van der Waals surface area contributed by atoms with E-state index in [1.54, 1.807) is 24.9 Å². The lowest BCUT2D eigenvalue weighted by Crippen LogP contribution is -2.28. The van der Waals surface area contributed by atoms with Crippen LogP contribution in [0.2, 0.25) is 0 Å². The van der Waals surface area contributed by atoms with Gasteiger partial charge in [-0.25, -0.2) is 14.6 Å². The van der Waals surface area contributed by atoms with E-state index in [4.69, 9.17) is 0 Å². The van der Waals surface area contributed by atoms with Crippen molar-refractivity contribution in [2.45, 2.75) is 39.2 Å². The molecule has 2 amide bonds. The first-order valence-corrected chi connectivity index (χ1v) is 9.75. The maximum atomic E-state index is 12.6. The van der Waals surface area contributed by atoms with Crippen molar-refractivity contribution in [1.82, 2.24) is 24.6 Å². The molecule has 2 unspecified atom stereocenters. The fourth-order valence-electron chi connectivity index (χ4n) is 4.71. The molecule has 1 saturated carbocycles. The molecule has 1 aliphatic carbocycles. The molecule has 152 valence electrons. The largest absolute Gasteiger partial charge is 0.339 e. The maximum Gasteiger partial charge on any atom is 0.246 e. The van der Waals surface area contributed by atoms with Gasteiger partial charge in [0, 0.05) is 31.8 Å². The minimum atomic E-state index is 0. The first kappa shape index (κ1) is 19.3. The molecule has 1 N–H and O–H groups in total. The summed E-state index contributed by atoms with van der Waals surface area (Å²) in [7, 11) is 0. The second-order valence-electron chi connectivity index (χ2n) is 7.92. The number of aromatic nitrogens is 4. The molecule has 29 heavy (non-hydrogen) atoms. The van der Waals surface area contributed by atoms with Gasteiger partial charge in [0.25, 0.3) is 0 Å². The number of aryl methyl sites for hydroxylation is 1. The Balaban J connectivity index is 0.00000205. The molecule has 2 aliphatic heterocycles. The van der Waals surface area contributed by atoms with Gasteiger partial charge >= 0.3 is 0 Å². The zero-order chi connectivity index (χ0) is 19.1. The standard InChI is InChI=1S/C20H22N6O2.CH4/c27-18-3-2-14-5-13(8-22-20(14)24-18)1-4-19(28)25-9-15-6-17(7-16(15)10-25)26-12-21-11-23-26;/h1,4-5,8,11-12,15-17H,2-3,6-7,9-10H2,(H,22,24,27);1H4/b4-1+;. The van der Waals surface area contributed by atoms with E-state index < -0.39 is 0 Å². The van der Waals surface area contributed by atoms with Crippen LogP contribution in [0, 0.1) is 11.8 Å². The molecule has 5 rings (SSSR count). The number of nitrogens with one attached hydrogen (secondary N) is 1. The molecule has 0 radical (unpaired) electrons. The average Bonchev–Trinajstić information content (AvgIpc) is 3.41. The van der Waals surface area contributed by atoms with Gasteiger partial charge in [-0.15, -0.1) is 0 Å². The molecule has 2 atom stereocenters. The van der Waals surface area contributed by atoms with Crippen molar-refractivity contribution in [3.63, 3.8) is 0 Å². The Morgan fingerprint density at radius 3 is 2.72 bits per heavy atom. The Morgan fingerprint density at radius 1 is 1.21 bits per heavy atom. The molecule has 4 heterocycles. The number of nitrogens with zero attached hydrogens (tertiary/aromatic N) is 5. The third-order valence-corrected chi connectivity index (χ3v) is 6.13. The van der Waals surface area contributed by atoms with E-state index in [-0.39, 0.29) is 19.2 Å². The molecule has 3 aliphatic rings. The number of amides is 2. The number of hydrogen-bond acceptors (Lipinski definition) is 5. The van der Waals surface area contributed by atoms with E-state index in [2.05, 4.69) is 20.4 Å². The van der Waals surface area contributed by atoms with Crippen LogP contribution in [-0.2, 0) is 16.0 Å². The van der Waals surface area contributed by atoms with Gasteiger partial charge in [-0.3, -0.25) is 9.59 Å². The lowest BCUT2D eigenvalue weighted by atomic mass is 10.0. The molecule has 0 bridgehead atoms. The number of carbonyl (C=O) groups is 2. The molecule has 8 heteroatoms. The lowest BCUT2D eigenvalue weighted by Gasteiger charge is -2.18. The second kappa shape index (κ2) is 7.77. The molecule has 0 spiro atoms. The van der Waals surface area contributed by atoms with E-state index in [9.17, 15) is 9.59 Å². The number of rotatable bonds is 3. The summed E-state index contributed by atoms with van der Waals surface area (Å²) in [5.74, 6) is 1.78. The van der Waals surface area contributed by atoms with Crippen LogP contribution in [0.25, 0.3) is 6.08 Å². The number of pyridine rings is 1. The van der Waals surface area contributed by atoms with E-state index in [0.29, 0.717) is 36.5 Å². The Hall–Kier alpha value is -3.03. The van der Waals surface area contributed by atoms with Crippen molar-refractivity contribution in [2.75, 3.05) is 18.4 Å². The normalized spacial score (nSPS) is 25.4. The maximum absolute atomic E-state index is 12.6. The summed E-state index contributed by atoms with van der Waals surface area (Å²) in [6.07, 6.45) is 11.8. The molecule has 8 nitrogen and oxygen atoms in total. The van der Waals surface area contributed by atoms with Crippen LogP contribution >= 0.6 is 0 Å². The van der Waals surface area contributed by atoms with Gasteiger partial charge in [0.2, 0.25) is 11.8 Å². The Labute approximate surface area is 170 Å². The number of likely N-dealkylation sites (tertiary alicyclic amines) is 1. The van der Waals surface area contributed by atoms with Crippen LogP contribution in [0.1, 0.15) is 43.9 Å². The number of anilines is 1. The summed E-state index contributed by atoms with van der Waals surface area (Å²) in [4.78, 5) is 34.3. The number of hydrogen-bond donors (Lipinski definition) is 1. The van der Waals surface area contributed by atoms with Gasteiger partial charge in [-0.05, 0) is 54.4 Å². The molecular formula is C21H26N6O2. The Kier molecular flexibility index (Phi) is 5.17. The highest BCUT2D eigenvalue weighted by atomic mass is 16.2.